The zero-order chi connectivity index (χ0) is 24.4. The van der Waals surface area contributed by atoms with Gasteiger partial charge in [0, 0.05) is 66.7 Å². The Morgan fingerprint density at radius 3 is 2.23 bits per heavy atom. The monoisotopic (exact) mass is 489 g/mol. The van der Waals surface area contributed by atoms with Crippen LogP contribution >= 0.6 is 0 Å². The molecule has 180 valence electrons. The van der Waals surface area contributed by atoms with Crippen molar-refractivity contribution in [3.05, 3.63) is 55.2 Å². The maximum Gasteiger partial charge on any atom is 0.161 e. The third-order valence-corrected chi connectivity index (χ3v) is 8.19. The van der Waals surface area contributed by atoms with Crippen LogP contribution in [0.3, 0.4) is 0 Å². The minimum atomic E-state index is -2.99. The van der Waals surface area contributed by atoms with Crippen molar-refractivity contribution in [3.8, 4) is 33.6 Å². The molecule has 4 aromatic rings. The van der Waals surface area contributed by atoms with Gasteiger partial charge in [-0.2, -0.15) is 10.2 Å². The molecule has 3 fully saturated rings. The Morgan fingerprint density at radius 1 is 0.943 bits per heavy atom. The number of benzene rings is 1. The number of aryl methyl sites for hydroxylation is 2. The van der Waals surface area contributed by atoms with Crippen LogP contribution in [0, 0.1) is 5.41 Å². The van der Waals surface area contributed by atoms with Gasteiger partial charge >= 0.3 is 0 Å². The van der Waals surface area contributed by atoms with Gasteiger partial charge in [0.2, 0.25) is 0 Å². The van der Waals surface area contributed by atoms with E-state index >= 15 is 0 Å². The highest BCUT2D eigenvalue weighted by atomic mass is 32.2. The summed E-state index contributed by atoms with van der Waals surface area (Å²) in [4.78, 5) is 9.65. The number of nitrogens with zero attached hydrogens (tertiary/aromatic N) is 6. The van der Waals surface area contributed by atoms with E-state index in [9.17, 15) is 8.42 Å². The molecule has 3 aliphatic carbocycles. The second-order valence-electron chi connectivity index (χ2n) is 10.3. The van der Waals surface area contributed by atoms with E-state index in [-0.39, 0.29) is 16.7 Å². The summed E-state index contributed by atoms with van der Waals surface area (Å²) < 4.78 is 27.2. The van der Waals surface area contributed by atoms with Crippen molar-refractivity contribution < 1.29 is 8.42 Å². The molecule has 1 aromatic carbocycles. The molecule has 2 bridgehead atoms. The number of sulfone groups is 1. The molecule has 0 unspecified atom stereocenters. The molecule has 3 saturated carbocycles. The van der Waals surface area contributed by atoms with E-state index in [4.69, 9.17) is 9.97 Å². The van der Waals surface area contributed by atoms with Crippen molar-refractivity contribution in [1.82, 2.24) is 29.5 Å². The summed E-state index contributed by atoms with van der Waals surface area (Å²) >= 11 is 0. The molecule has 0 radical (unpaired) electrons. The molecule has 3 heterocycles. The Kier molecular flexibility index (Phi) is 4.70. The van der Waals surface area contributed by atoms with Crippen LogP contribution in [0.5, 0.6) is 0 Å². The van der Waals surface area contributed by atoms with Crippen molar-refractivity contribution in [2.45, 2.75) is 24.8 Å². The number of hydrogen-bond donors (Lipinski definition) is 1. The number of aromatic nitrogens is 6. The second-order valence-corrected chi connectivity index (χ2v) is 12.5. The van der Waals surface area contributed by atoms with Gasteiger partial charge in [-0.05, 0) is 36.3 Å². The van der Waals surface area contributed by atoms with Crippen LogP contribution in [0.1, 0.15) is 19.3 Å². The van der Waals surface area contributed by atoms with Crippen molar-refractivity contribution in [1.29, 1.82) is 0 Å². The first kappa shape index (κ1) is 22.0. The van der Waals surface area contributed by atoms with Crippen LogP contribution in [-0.2, 0) is 23.9 Å². The number of anilines is 1. The Labute approximate surface area is 204 Å². The van der Waals surface area contributed by atoms with Crippen LogP contribution < -0.4 is 5.32 Å². The highest BCUT2D eigenvalue weighted by Crippen LogP contribution is 2.68. The lowest BCUT2D eigenvalue weighted by Gasteiger charge is -2.70. The molecular formula is C25H27N7O2S. The molecule has 0 spiro atoms. The molecule has 0 aliphatic heterocycles. The average Bonchev–Trinajstić information content (AvgIpc) is 3.39. The fourth-order valence-corrected chi connectivity index (χ4v) is 7.31. The smallest absolute Gasteiger partial charge is 0.161 e. The molecule has 10 heteroatoms. The van der Waals surface area contributed by atoms with Crippen LogP contribution in [0.4, 0.5) is 5.82 Å². The third-order valence-electron chi connectivity index (χ3n) is 7.06. The second kappa shape index (κ2) is 7.48. The summed E-state index contributed by atoms with van der Waals surface area (Å²) in [5, 5.41) is 12.3. The Balaban J connectivity index is 1.34. The molecule has 0 amide bonds. The van der Waals surface area contributed by atoms with Gasteiger partial charge in [0.05, 0.1) is 18.1 Å². The van der Waals surface area contributed by atoms with E-state index in [1.807, 2.05) is 57.1 Å². The van der Waals surface area contributed by atoms with Crippen molar-refractivity contribution >= 4 is 15.7 Å². The topological polar surface area (TPSA) is 108 Å². The van der Waals surface area contributed by atoms with Gasteiger partial charge in [0.15, 0.2) is 5.82 Å². The fourth-order valence-electron chi connectivity index (χ4n) is 5.89. The first-order valence-electron chi connectivity index (χ1n) is 11.5. The molecule has 3 aromatic heterocycles. The number of rotatable bonds is 7. The van der Waals surface area contributed by atoms with Crippen molar-refractivity contribution in [2.24, 2.45) is 19.5 Å². The Morgan fingerprint density at radius 2 is 1.60 bits per heavy atom. The quantitative estimate of drug-likeness (QED) is 0.424. The van der Waals surface area contributed by atoms with Gasteiger partial charge in [0.25, 0.3) is 0 Å². The first-order valence-corrected chi connectivity index (χ1v) is 13.6. The molecular weight excluding hydrogens is 462 g/mol. The zero-order valence-electron chi connectivity index (χ0n) is 19.9. The fraction of sp³-hybridized carbons (Fsp3) is 0.360. The van der Waals surface area contributed by atoms with Gasteiger partial charge in [0.1, 0.15) is 15.7 Å². The van der Waals surface area contributed by atoms with Crippen LogP contribution in [0.2, 0.25) is 0 Å². The molecule has 1 N–H and O–H groups in total. The number of nitrogens with one attached hydrogen (secondary N) is 1. The lowest BCUT2D eigenvalue weighted by Crippen LogP contribution is -2.72. The van der Waals surface area contributed by atoms with Gasteiger partial charge in [-0.3, -0.25) is 9.36 Å². The SMILES string of the molecule is Cn1cc(-c2cccc(-c3ncc(-c4cnn(C)c4)c(NC45CC(CS(C)(=O)=O)(C4)C5)n3)c2)cn1. The molecule has 7 rings (SSSR count). The van der Waals surface area contributed by atoms with Crippen LogP contribution in [-0.4, -0.2) is 55.5 Å². The van der Waals surface area contributed by atoms with Gasteiger partial charge in [-0.25, -0.2) is 18.4 Å². The standard InChI is InChI=1S/C25H27N7O2S/c1-31-11-19(8-27-31)17-5-4-6-18(7-17)22-26-10-21(20-9-28-32(2)12-20)23(29-22)30-25-13-24(14-25,15-25)16-35(3,33)34/h4-12H,13-16H2,1-3H3,(H,26,29,30). The Hall–Kier alpha value is -3.53. The summed E-state index contributed by atoms with van der Waals surface area (Å²) in [7, 11) is 0.789. The maximum atomic E-state index is 11.8. The summed E-state index contributed by atoms with van der Waals surface area (Å²) in [5.41, 5.74) is 4.62. The average molecular weight is 490 g/mol. The first-order chi connectivity index (χ1) is 16.6. The van der Waals surface area contributed by atoms with E-state index < -0.39 is 9.84 Å². The lowest BCUT2D eigenvalue weighted by atomic mass is 9.40. The summed E-state index contributed by atoms with van der Waals surface area (Å²) in [6.45, 7) is 0. The highest BCUT2D eigenvalue weighted by molar-refractivity contribution is 7.90. The molecule has 35 heavy (non-hydrogen) atoms. The van der Waals surface area contributed by atoms with E-state index in [2.05, 4.69) is 21.6 Å². The predicted octanol–water partition coefficient (Wildman–Crippen LogP) is 3.32. The molecule has 3 aliphatic rings. The summed E-state index contributed by atoms with van der Waals surface area (Å²) in [6.07, 6.45) is 13.3. The van der Waals surface area contributed by atoms with Crippen molar-refractivity contribution in [3.63, 3.8) is 0 Å². The third kappa shape index (κ3) is 4.01. The van der Waals surface area contributed by atoms with E-state index in [1.165, 1.54) is 6.26 Å². The van der Waals surface area contributed by atoms with E-state index in [0.717, 1.165) is 52.9 Å². The van der Waals surface area contributed by atoms with Gasteiger partial charge < -0.3 is 5.32 Å². The van der Waals surface area contributed by atoms with Gasteiger partial charge in [-0.1, -0.05) is 18.2 Å². The largest absolute Gasteiger partial charge is 0.364 e. The van der Waals surface area contributed by atoms with Crippen LogP contribution in [0.15, 0.2) is 55.2 Å². The normalized spacial score (nSPS) is 22.9. The Bertz CT molecular complexity index is 1530. The van der Waals surface area contributed by atoms with E-state index in [0.29, 0.717) is 5.82 Å². The highest BCUT2D eigenvalue weighted by Gasteiger charge is 2.68. The molecule has 0 atom stereocenters. The number of hydrogen-bond acceptors (Lipinski definition) is 7. The lowest BCUT2D eigenvalue weighted by molar-refractivity contribution is -0.0965. The molecule has 9 nitrogen and oxygen atoms in total. The summed E-state index contributed by atoms with van der Waals surface area (Å²) in [6, 6.07) is 8.12. The van der Waals surface area contributed by atoms with Crippen molar-refractivity contribution in [2.75, 3.05) is 17.3 Å². The van der Waals surface area contributed by atoms with Gasteiger partial charge in [-0.15, -0.1) is 0 Å². The zero-order valence-corrected chi connectivity index (χ0v) is 20.7. The predicted molar refractivity (Wildman–Crippen MR) is 134 cm³/mol. The molecule has 0 saturated heterocycles. The minimum absolute atomic E-state index is 0.0804. The van der Waals surface area contributed by atoms with E-state index in [1.54, 1.807) is 15.6 Å². The maximum absolute atomic E-state index is 11.8. The minimum Gasteiger partial charge on any atom is -0.364 e. The van der Waals surface area contributed by atoms with Crippen LogP contribution in [0.25, 0.3) is 33.6 Å². The summed E-state index contributed by atoms with van der Waals surface area (Å²) in [5.74, 6) is 1.64.